The molecule has 0 bridgehead atoms. The van der Waals surface area contributed by atoms with E-state index in [2.05, 4.69) is 10.1 Å². The first-order valence-corrected chi connectivity index (χ1v) is 7.70. The zero-order chi connectivity index (χ0) is 16.3. The smallest absolute Gasteiger partial charge is 0.323 e. The van der Waals surface area contributed by atoms with Crippen molar-refractivity contribution in [1.29, 1.82) is 0 Å². The summed E-state index contributed by atoms with van der Waals surface area (Å²) < 4.78 is 1.61. The Bertz CT molecular complexity index is 823. The molecule has 2 aromatic rings. The van der Waals surface area contributed by atoms with E-state index in [1.54, 1.807) is 4.52 Å². The summed E-state index contributed by atoms with van der Waals surface area (Å²) >= 11 is 0. The summed E-state index contributed by atoms with van der Waals surface area (Å²) in [6.07, 6.45) is 2.20. The van der Waals surface area contributed by atoms with Gasteiger partial charge in [0.1, 0.15) is 12.4 Å². The van der Waals surface area contributed by atoms with E-state index in [1.807, 2.05) is 19.1 Å². The van der Waals surface area contributed by atoms with Gasteiger partial charge in [0, 0.05) is 36.8 Å². The number of carbonyl (C=O) groups excluding carboxylic acids is 2. The van der Waals surface area contributed by atoms with E-state index >= 15 is 0 Å². The third-order valence-electron chi connectivity index (χ3n) is 4.37. The van der Waals surface area contributed by atoms with E-state index in [0.717, 1.165) is 23.4 Å². The molecule has 3 heterocycles. The van der Waals surface area contributed by atoms with Crippen LogP contribution in [0.25, 0.3) is 5.65 Å². The third-order valence-corrected chi connectivity index (χ3v) is 4.37. The molecule has 2 aromatic heterocycles. The number of amides is 3. The maximum absolute atomic E-state index is 12.3. The maximum Gasteiger partial charge on any atom is 0.332 e. The minimum Gasteiger partial charge on any atom is -0.323 e. The molecule has 1 unspecified atom stereocenters. The number of carbonyl (C=O) groups is 2. The molecule has 1 atom stereocenters. The molecule has 1 saturated heterocycles. The molecule has 2 fully saturated rings. The molecule has 8 heteroatoms. The van der Waals surface area contributed by atoms with Gasteiger partial charge in [-0.3, -0.25) is 14.6 Å². The van der Waals surface area contributed by atoms with Crippen LogP contribution in [0.5, 0.6) is 0 Å². The van der Waals surface area contributed by atoms with Crippen LogP contribution in [0.1, 0.15) is 43.1 Å². The fourth-order valence-electron chi connectivity index (χ4n) is 2.77. The Hall–Kier alpha value is -2.48. The molecule has 0 spiro atoms. The lowest BCUT2D eigenvalue weighted by Crippen LogP contribution is -2.31. The molecule has 2 aliphatic rings. The quantitative estimate of drug-likeness (QED) is 0.853. The van der Waals surface area contributed by atoms with Crippen molar-refractivity contribution in [3.05, 3.63) is 23.5 Å². The first-order chi connectivity index (χ1) is 11.0. The van der Waals surface area contributed by atoms with Gasteiger partial charge in [0.05, 0.1) is 5.69 Å². The fourth-order valence-corrected chi connectivity index (χ4v) is 2.77. The number of likely N-dealkylation sites (N-methyl/N-ethyl adjacent to an activating group) is 1. The van der Waals surface area contributed by atoms with Gasteiger partial charge >= 0.3 is 6.03 Å². The predicted octanol–water partition coefficient (Wildman–Crippen LogP) is 1.02. The summed E-state index contributed by atoms with van der Waals surface area (Å²) in [4.78, 5) is 31.4. The molecule has 120 valence electrons. The lowest BCUT2D eigenvalue weighted by atomic mass is 10.2. The van der Waals surface area contributed by atoms with Crippen LogP contribution in [0, 0.1) is 0 Å². The van der Waals surface area contributed by atoms with Crippen LogP contribution in [0.2, 0.25) is 0 Å². The summed E-state index contributed by atoms with van der Waals surface area (Å²) in [5.41, 5.74) is 8.22. The number of imide groups is 1. The molecule has 1 aliphatic carbocycles. The highest BCUT2D eigenvalue weighted by Gasteiger charge is 2.37. The number of hydrogen-bond donors (Lipinski definition) is 1. The van der Waals surface area contributed by atoms with Gasteiger partial charge in [0.15, 0.2) is 5.65 Å². The number of urea groups is 1. The molecule has 1 saturated carbocycles. The summed E-state index contributed by atoms with van der Waals surface area (Å²) in [7, 11) is 1.49. The number of nitrogens with two attached hydrogens (primary N) is 1. The number of nitrogens with zero attached hydrogens (tertiary/aromatic N) is 5. The molecule has 1 aliphatic heterocycles. The SMILES string of the molecule is CC(N)c1cc2nc(C3CC3)cc(N3CC(=O)N(C)C3=O)n2n1. The summed E-state index contributed by atoms with van der Waals surface area (Å²) in [6.45, 7) is 1.87. The standard InChI is InChI=1S/C15H18N6O2/c1-8(16)10-5-12-17-11(9-3-4-9)6-13(21(12)18-10)20-7-14(22)19(2)15(20)23/h5-6,8-9H,3-4,7,16H2,1-2H3. The van der Waals surface area contributed by atoms with Crippen LogP contribution in [0.3, 0.4) is 0 Å². The highest BCUT2D eigenvalue weighted by Crippen LogP contribution is 2.40. The van der Waals surface area contributed by atoms with Crippen LogP contribution >= 0.6 is 0 Å². The van der Waals surface area contributed by atoms with Crippen LogP contribution in [0.4, 0.5) is 10.6 Å². The summed E-state index contributed by atoms with van der Waals surface area (Å²) in [5.74, 6) is 0.776. The normalized spacial score (nSPS) is 20.0. The Balaban J connectivity index is 1.89. The topological polar surface area (TPSA) is 96.8 Å². The van der Waals surface area contributed by atoms with Gasteiger partial charge in [-0.15, -0.1) is 0 Å². The van der Waals surface area contributed by atoms with Crippen molar-refractivity contribution in [3.63, 3.8) is 0 Å². The minimum atomic E-state index is -0.345. The van der Waals surface area contributed by atoms with Crippen LogP contribution in [-0.4, -0.2) is 45.0 Å². The number of anilines is 1. The van der Waals surface area contributed by atoms with E-state index in [0.29, 0.717) is 23.1 Å². The van der Waals surface area contributed by atoms with Crippen molar-refractivity contribution < 1.29 is 9.59 Å². The molecule has 0 aromatic carbocycles. The number of hydrogen-bond acceptors (Lipinski definition) is 5. The van der Waals surface area contributed by atoms with Crippen molar-refractivity contribution in [2.24, 2.45) is 5.73 Å². The van der Waals surface area contributed by atoms with Crippen molar-refractivity contribution >= 4 is 23.4 Å². The Labute approximate surface area is 132 Å². The maximum atomic E-state index is 12.3. The van der Waals surface area contributed by atoms with Crippen molar-refractivity contribution in [2.75, 3.05) is 18.5 Å². The Morgan fingerprint density at radius 1 is 1.30 bits per heavy atom. The second-order valence-electron chi connectivity index (χ2n) is 6.26. The largest absolute Gasteiger partial charge is 0.332 e. The third kappa shape index (κ3) is 2.17. The minimum absolute atomic E-state index is 0.0198. The second-order valence-corrected chi connectivity index (χ2v) is 6.26. The monoisotopic (exact) mass is 314 g/mol. The summed E-state index contributed by atoms with van der Waals surface area (Å²) in [5, 5.41) is 4.47. The van der Waals surface area contributed by atoms with Crippen LogP contribution in [-0.2, 0) is 4.79 Å². The average Bonchev–Trinajstić information content (AvgIpc) is 3.23. The average molecular weight is 314 g/mol. The Morgan fingerprint density at radius 2 is 2.04 bits per heavy atom. The molecule has 23 heavy (non-hydrogen) atoms. The van der Waals surface area contributed by atoms with Gasteiger partial charge in [-0.1, -0.05) is 0 Å². The second kappa shape index (κ2) is 4.76. The lowest BCUT2D eigenvalue weighted by molar-refractivity contribution is -0.123. The van der Waals surface area contributed by atoms with Gasteiger partial charge in [0.2, 0.25) is 0 Å². The van der Waals surface area contributed by atoms with Crippen LogP contribution in [0.15, 0.2) is 12.1 Å². The molecule has 0 radical (unpaired) electrons. The molecule has 4 rings (SSSR count). The van der Waals surface area contributed by atoms with Gasteiger partial charge in [0.25, 0.3) is 5.91 Å². The van der Waals surface area contributed by atoms with Crippen molar-refractivity contribution in [3.8, 4) is 0 Å². The van der Waals surface area contributed by atoms with Gasteiger partial charge < -0.3 is 5.73 Å². The van der Waals surface area contributed by atoms with E-state index in [4.69, 9.17) is 5.73 Å². The fraction of sp³-hybridized carbons (Fsp3) is 0.467. The lowest BCUT2D eigenvalue weighted by Gasteiger charge is -2.17. The van der Waals surface area contributed by atoms with Gasteiger partial charge in [-0.25, -0.2) is 9.78 Å². The molecular formula is C15H18N6O2. The summed E-state index contributed by atoms with van der Waals surface area (Å²) in [6, 6.07) is 3.13. The number of aromatic nitrogens is 3. The zero-order valence-electron chi connectivity index (χ0n) is 13.1. The highest BCUT2D eigenvalue weighted by molar-refractivity contribution is 6.11. The highest BCUT2D eigenvalue weighted by atomic mass is 16.2. The van der Waals surface area contributed by atoms with E-state index in [-0.39, 0.29) is 24.5 Å². The Morgan fingerprint density at radius 3 is 2.61 bits per heavy atom. The number of fused-ring (bicyclic) bond motifs is 1. The first kappa shape index (κ1) is 14.1. The van der Waals surface area contributed by atoms with Crippen LogP contribution < -0.4 is 10.6 Å². The van der Waals surface area contributed by atoms with E-state index < -0.39 is 0 Å². The van der Waals surface area contributed by atoms with Crippen molar-refractivity contribution in [2.45, 2.75) is 31.7 Å². The van der Waals surface area contributed by atoms with Gasteiger partial charge in [-0.05, 0) is 19.8 Å². The Kier molecular flexibility index (Phi) is 2.92. The molecule has 3 amide bonds. The first-order valence-electron chi connectivity index (χ1n) is 7.70. The van der Waals surface area contributed by atoms with E-state index in [1.165, 1.54) is 11.9 Å². The predicted molar refractivity (Wildman–Crippen MR) is 83.1 cm³/mol. The van der Waals surface area contributed by atoms with Gasteiger partial charge in [-0.2, -0.15) is 9.61 Å². The molecular weight excluding hydrogens is 296 g/mol. The zero-order valence-corrected chi connectivity index (χ0v) is 13.1. The van der Waals surface area contributed by atoms with E-state index in [9.17, 15) is 9.59 Å². The molecule has 2 N–H and O–H groups in total. The molecule has 8 nitrogen and oxygen atoms in total. The van der Waals surface area contributed by atoms with Crippen molar-refractivity contribution in [1.82, 2.24) is 19.5 Å². The number of rotatable bonds is 3.